The fraction of sp³-hybridized carbons (Fsp3) is 0.409. The lowest BCUT2D eigenvalue weighted by atomic mass is 10.00. The van der Waals surface area contributed by atoms with Crippen molar-refractivity contribution >= 4 is 41.5 Å². The van der Waals surface area contributed by atoms with Crippen LogP contribution in [0.25, 0.3) is 0 Å². The number of hydrogen-bond donors (Lipinski definition) is 3. The van der Waals surface area contributed by atoms with E-state index in [1.165, 1.54) is 11.1 Å². The second-order valence-corrected chi connectivity index (χ2v) is 7.48. The van der Waals surface area contributed by atoms with Crippen LogP contribution < -0.4 is 10.6 Å². The summed E-state index contributed by atoms with van der Waals surface area (Å²) in [4.78, 5) is 6.89. The molecule has 0 amide bonds. The van der Waals surface area contributed by atoms with Gasteiger partial charge in [0, 0.05) is 37.7 Å². The summed E-state index contributed by atoms with van der Waals surface area (Å²) in [5.41, 5.74) is 3.77. The van der Waals surface area contributed by atoms with Gasteiger partial charge < -0.3 is 15.7 Å². The Hall–Kier alpha value is -1.35. The minimum absolute atomic E-state index is 0. The number of benzene rings is 2. The molecule has 5 nitrogen and oxygen atoms in total. The van der Waals surface area contributed by atoms with Gasteiger partial charge in [0.1, 0.15) is 0 Å². The molecule has 1 unspecified atom stereocenters. The molecule has 3 rings (SSSR count). The molecule has 0 radical (unpaired) electrons. The summed E-state index contributed by atoms with van der Waals surface area (Å²) in [7, 11) is 0. The Morgan fingerprint density at radius 1 is 1.14 bits per heavy atom. The van der Waals surface area contributed by atoms with Gasteiger partial charge in [-0.3, -0.25) is 4.90 Å². The topological polar surface area (TPSA) is 59.9 Å². The number of aliphatic imine (C=N–C) groups is 1. The van der Waals surface area contributed by atoms with Gasteiger partial charge in [-0.05, 0) is 36.1 Å². The van der Waals surface area contributed by atoms with Gasteiger partial charge in [0.15, 0.2) is 5.96 Å². The molecular formula is C22H30ClIN4O. The Balaban J connectivity index is 0.00000300. The molecule has 7 heteroatoms. The van der Waals surface area contributed by atoms with Crippen molar-refractivity contribution < 1.29 is 5.11 Å². The minimum Gasteiger partial charge on any atom is -0.390 e. The molecular weight excluding hydrogens is 499 g/mol. The molecule has 29 heavy (non-hydrogen) atoms. The molecule has 3 N–H and O–H groups in total. The number of aliphatic hydroxyl groups excluding tert-OH is 1. The summed E-state index contributed by atoms with van der Waals surface area (Å²) in [6, 6.07) is 16.3. The summed E-state index contributed by atoms with van der Waals surface area (Å²) in [6.45, 7) is 6.25. The first-order valence-corrected chi connectivity index (χ1v) is 10.3. The second kappa shape index (κ2) is 12.4. The van der Waals surface area contributed by atoms with Crippen molar-refractivity contribution in [2.45, 2.75) is 32.5 Å². The zero-order valence-electron chi connectivity index (χ0n) is 16.8. The van der Waals surface area contributed by atoms with Crippen LogP contribution in [0.4, 0.5) is 0 Å². The molecule has 0 aliphatic carbocycles. The van der Waals surface area contributed by atoms with Crippen molar-refractivity contribution in [1.82, 2.24) is 15.5 Å². The van der Waals surface area contributed by atoms with E-state index in [4.69, 9.17) is 11.6 Å². The van der Waals surface area contributed by atoms with Crippen LogP contribution in [0, 0.1) is 0 Å². The fourth-order valence-electron chi connectivity index (χ4n) is 3.42. The van der Waals surface area contributed by atoms with Crippen LogP contribution in [0.1, 0.15) is 23.6 Å². The van der Waals surface area contributed by atoms with E-state index in [1.807, 2.05) is 31.2 Å². The SMILES string of the molecule is CCNC(=NCc1ccccc1Cl)NCC(O)CN1CCc2ccccc2C1.I. The molecule has 0 fully saturated rings. The molecule has 158 valence electrons. The van der Waals surface area contributed by atoms with E-state index < -0.39 is 6.10 Å². The maximum absolute atomic E-state index is 10.5. The maximum atomic E-state index is 10.5. The van der Waals surface area contributed by atoms with Crippen LogP contribution in [0.3, 0.4) is 0 Å². The molecule has 1 aliphatic heterocycles. The van der Waals surface area contributed by atoms with E-state index >= 15 is 0 Å². The molecule has 0 aromatic heterocycles. The number of rotatable bonds is 7. The smallest absolute Gasteiger partial charge is 0.191 e. The van der Waals surface area contributed by atoms with Crippen molar-refractivity contribution in [3.8, 4) is 0 Å². The highest BCUT2D eigenvalue weighted by molar-refractivity contribution is 14.0. The predicted octanol–water partition coefficient (Wildman–Crippen LogP) is 3.43. The number of halogens is 2. The zero-order valence-corrected chi connectivity index (χ0v) is 19.9. The van der Waals surface area contributed by atoms with Crippen LogP contribution in [0.15, 0.2) is 53.5 Å². The molecule has 0 spiro atoms. The molecule has 0 saturated heterocycles. The number of β-amino-alcohol motifs (C(OH)–C–C–N with tert-alkyl or cyclic N) is 1. The van der Waals surface area contributed by atoms with Gasteiger partial charge in [0.25, 0.3) is 0 Å². The zero-order chi connectivity index (χ0) is 19.8. The molecule has 2 aromatic carbocycles. The Labute approximate surface area is 195 Å². The lowest BCUT2D eigenvalue weighted by Crippen LogP contribution is -2.45. The first-order chi connectivity index (χ1) is 13.7. The number of nitrogens with one attached hydrogen (secondary N) is 2. The molecule has 0 saturated carbocycles. The highest BCUT2D eigenvalue weighted by Crippen LogP contribution is 2.18. The van der Waals surface area contributed by atoms with Crippen LogP contribution in [-0.4, -0.2) is 48.2 Å². The van der Waals surface area contributed by atoms with Crippen LogP contribution in [0.5, 0.6) is 0 Å². The molecule has 1 heterocycles. The first kappa shape index (κ1) is 23.9. The Kier molecular flexibility index (Phi) is 10.2. The second-order valence-electron chi connectivity index (χ2n) is 7.08. The number of nitrogens with zero attached hydrogens (tertiary/aromatic N) is 2. The molecule has 2 aromatic rings. The largest absolute Gasteiger partial charge is 0.390 e. The van der Waals surface area contributed by atoms with E-state index in [1.54, 1.807) is 0 Å². The van der Waals surface area contributed by atoms with E-state index in [-0.39, 0.29) is 24.0 Å². The summed E-state index contributed by atoms with van der Waals surface area (Å²) in [5, 5.41) is 17.7. The maximum Gasteiger partial charge on any atom is 0.191 e. The highest BCUT2D eigenvalue weighted by Gasteiger charge is 2.18. The highest BCUT2D eigenvalue weighted by atomic mass is 127. The van der Waals surface area contributed by atoms with E-state index in [9.17, 15) is 5.11 Å². The van der Waals surface area contributed by atoms with Crippen LogP contribution in [-0.2, 0) is 19.5 Å². The van der Waals surface area contributed by atoms with Gasteiger partial charge in [-0.1, -0.05) is 54.1 Å². The van der Waals surface area contributed by atoms with E-state index in [0.717, 1.165) is 31.6 Å². The standard InChI is InChI=1S/C22H29ClN4O.HI/c1-2-24-22(25-13-18-8-5-6-10-21(18)23)26-14-20(28)16-27-12-11-17-7-3-4-9-19(17)15-27;/h3-10,20,28H,2,11-16H2,1H3,(H2,24,25,26);1H. The Morgan fingerprint density at radius 3 is 2.62 bits per heavy atom. The molecule has 0 bridgehead atoms. The summed E-state index contributed by atoms with van der Waals surface area (Å²) in [6.07, 6.45) is 0.576. The van der Waals surface area contributed by atoms with Gasteiger partial charge in [0.2, 0.25) is 0 Å². The lowest BCUT2D eigenvalue weighted by molar-refractivity contribution is 0.108. The predicted molar refractivity (Wildman–Crippen MR) is 131 cm³/mol. The normalized spacial score (nSPS) is 15.2. The van der Waals surface area contributed by atoms with Gasteiger partial charge >= 0.3 is 0 Å². The van der Waals surface area contributed by atoms with E-state index in [2.05, 4.69) is 44.8 Å². The van der Waals surface area contributed by atoms with Crippen molar-refractivity contribution in [3.63, 3.8) is 0 Å². The number of hydrogen-bond acceptors (Lipinski definition) is 3. The third-order valence-corrected chi connectivity index (χ3v) is 5.26. The Bertz CT molecular complexity index is 802. The van der Waals surface area contributed by atoms with Crippen LogP contribution >= 0.6 is 35.6 Å². The summed E-state index contributed by atoms with van der Waals surface area (Å²) >= 11 is 6.20. The average molecular weight is 529 g/mol. The monoisotopic (exact) mass is 528 g/mol. The van der Waals surface area contributed by atoms with Crippen LogP contribution in [0.2, 0.25) is 5.02 Å². The van der Waals surface area contributed by atoms with Gasteiger partial charge in [-0.15, -0.1) is 24.0 Å². The quantitative estimate of drug-likeness (QED) is 0.293. The lowest BCUT2D eigenvalue weighted by Gasteiger charge is -2.30. The van der Waals surface area contributed by atoms with Crippen molar-refractivity contribution in [2.24, 2.45) is 4.99 Å². The van der Waals surface area contributed by atoms with Gasteiger partial charge in [-0.2, -0.15) is 0 Å². The van der Waals surface area contributed by atoms with Crippen molar-refractivity contribution in [3.05, 3.63) is 70.2 Å². The third-order valence-electron chi connectivity index (χ3n) is 4.89. The number of fused-ring (bicyclic) bond motifs is 1. The van der Waals surface area contributed by atoms with E-state index in [0.29, 0.717) is 30.6 Å². The number of aliphatic hydroxyl groups is 1. The minimum atomic E-state index is -0.463. The fourth-order valence-corrected chi connectivity index (χ4v) is 3.62. The van der Waals surface area contributed by atoms with Crippen molar-refractivity contribution in [1.29, 1.82) is 0 Å². The van der Waals surface area contributed by atoms with Gasteiger partial charge in [-0.25, -0.2) is 4.99 Å². The molecule has 1 atom stereocenters. The summed E-state index contributed by atoms with van der Waals surface area (Å²) in [5.74, 6) is 0.686. The first-order valence-electron chi connectivity index (χ1n) is 9.88. The van der Waals surface area contributed by atoms with Gasteiger partial charge in [0.05, 0.1) is 12.6 Å². The van der Waals surface area contributed by atoms with Crippen molar-refractivity contribution in [2.75, 3.05) is 26.2 Å². The number of guanidine groups is 1. The average Bonchev–Trinajstić information content (AvgIpc) is 2.71. The molecule has 1 aliphatic rings. The summed E-state index contributed by atoms with van der Waals surface area (Å²) < 4.78 is 0. The third kappa shape index (κ3) is 7.44. The Morgan fingerprint density at radius 2 is 1.86 bits per heavy atom.